The van der Waals surface area contributed by atoms with E-state index in [2.05, 4.69) is 10.1 Å². The van der Waals surface area contributed by atoms with E-state index in [-0.39, 0.29) is 11.8 Å². The molecule has 2 rings (SSSR count). The van der Waals surface area contributed by atoms with Gasteiger partial charge in [-0.15, -0.1) is 0 Å². The van der Waals surface area contributed by atoms with Crippen LogP contribution in [0, 0.1) is 0 Å². The number of para-hydroxylation sites is 1. The van der Waals surface area contributed by atoms with Crippen molar-refractivity contribution in [2.45, 2.75) is 38.8 Å². The maximum Gasteiger partial charge on any atom is 0.387 e. The predicted molar refractivity (Wildman–Crippen MR) is 69.7 cm³/mol. The van der Waals surface area contributed by atoms with Crippen molar-refractivity contribution >= 4 is 0 Å². The van der Waals surface area contributed by atoms with E-state index in [0.29, 0.717) is 25.3 Å². The largest absolute Gasteiger partial charge is 0.434 e. The van der Waals surface area contributed by atoms with Crippen LogP contribution in [-0.2, 0) is 16.0 Å². The van der Waals surface area contributed by atoms with Gasteiger partial charge in [-0.1, -0.05) is 18.2 Å². The number of benzene rings is 1. The Bertz CT molecular complexity index is 430. The Kier molecular flexibility index (Phi) is 4.91. The van der Waals surface area contributed by atoms with Crippen molar-refractivity contribution in [2.75, 3.05) is 13.2 Å². The molecule has 0 spiro atoms. The number of hydrogen-bond acceptors (Lipinski definition) is 4. The molecule has 0 bridgehead atoms. The third kappa shape index (κ3) is 4.40. The molecule has 1 fully saturated rings. The van der Waals surface area contributed by atoms with Crippen molar-refractivity contribution in [3.8, 4) is 5.75 Å². The van der Waals surface area contributed by atoms with Gasteiger partial charge in [0, 0.05) is 12.1 Å². The molecule has 6 heteroatoms. The van der Waals surface area contributed by atoms with Gasteiger partial charge >= 0.3 is 6.61 Å². The summed E-state index contributed by atoms with van der Waals surface area (Å²) in [5.41, 5.74) is 0.678. The molecule has 1 saturated heterocycles. The summed E-state index contributed by atoms with van der Waals surface area (Å²) in [6.45, 7) is 2.35. The second-order valence-electron chi connectivity index (χ2n) is 5.09. The van der Waals surface area contributed by atoms with Gasteiger partial charge in [-0.05, 0) is 19.9 Å². The standard InChI is InChI=1S/C14H19F2NO3/c1-14(2)18-8-11(9-19-14)17-7-10-5-3-4-6-12(10)20-13(15)16/h3-6,11,13,17H,7-9H2,1-2H3. The quantitative estimate of drug-likeness (QED) is 0.903. The lowest BCUT2D eigenvalue weighted by molar-refractivity contribution is -0.253. The van der Waals surface area contributed by atoms with Crippen LogP contribution in [0.3, 0.4) is 0 Å². The Labute approximate surface area is 117 Å². The molecule has 1 N–H and O–H groups in total. The van der Waals surface area contributed by atoms with Crippen LogP contribution in [0.25, 0.3) is 0 Å². The Morgan fingerprint density at radius 3 is 2.60 bits per heavy atom. The molecule has 0 atom stereocenters. The van der Waals surface area contributed by atoms with Crippen molar-refractivity contribution in [2.24, 2.45) is 0 Å². The van der Waals surface area contributed by atoms with E-state index in [4.69, 9.17) is 9.47 Å². The van der Waals surface area contributed by atoms with Crippen molar-refractivity contribution in [3.63, 3.8) is 0 Å². The summed E-state index contributed by atoms with van der Waals surface area (Å²) in [5.74, 6) is -0.373. The summed E-state index contributed by atoms with van der Waals surface area (Å²) >= 11 is 0. The number of halogens is 2. The van der Waals surface area contributed by atoms with Crippen LogP contribution in [0.2, 0.25) is 0 Å². The van der Waals surface area contributed by atoms with Crippen molar-refractivity contribution in [3.05, 3.63) is 29.8 Å². The molecule has 0 aromatic heterocycles. The highest BCUT2D eigenvalue weighted by molar-refractivity contribution is 5.33. The molecule has 0 amide bonds. The summed E-state index contributed by atoms with van der Waals surface area (Å²) in [6, 6.07) is 6.75. The van der Waals surface area contributed by atoms with E-state index >= 15 is 0 Å². The van der Waals surface area contributed by atoms with Gasteiger partial charge in [-0.2, -0.15) is 8.78 Å². The molecule has 1 aromatic rings. The van der Waals surface area contributed by atoms with Crippen LogP contribution in [0.1, 0.15) is 19.4 Å². The first-order chi connectivity index (χ1) is 9.46. The third-order valence-electron chi connectivity index (χ3n) is 3.03. The van der Waals surface area contributed by atoms with Gasteiger partial charge in [0.25, 0.3) is 0 Å². The van der Waals surface area contributed by atoms with Crippen LogP contribution in [-0.4, -0.2) is 31.7 Å². The van der Waals surface area contributed by atoms with Crippen LogP contribution in [0.4, 0.5) is 8.78 Å². The van der Waals surface area contributed by atoms with E-state index in [1.807, 2.05) is 13.8 Å². The van der Waals surface area contributed by atoms with Crippen LogP contribution < -0.4 is 10.1 Å². The Hall–Kier alpha value is -1.24. The summed E-state index contributed by atoms with van der Waals surface area (Å²) < 4.78 is 40.1. The molecule has 1 heterocycles. The van der Waals surface area contributed by atoms with Crippen molar-refractivity contribution in [1.82, 2.24) is 5.32 Å². The lowest BCUT2D eigenvalue weighted by atomic mass is 10.2. The lowest BCUT2D eigenvalue weighted by Gasteiger charge is -2.35. The zero-order chi connectivity index (χ0) is 14.6. The summed E-state index contributed by atoms with van der Waals surface area (Å²) in [4.78, 5) is 0. The van der Waals surface area contributed by atoms with Gasteiger partial charge in [-0.3, -0.25) is 0 Å². The van der Waals surface area contributed by atoms with Crippen LogP contribution in [0.5, 0.6) is 5.75 Å². The second kappa shape index (κ2) is 6.47. The third-order valence-corrected chi connectivity index (χ3v) is 3.03. The predicted octanol–water partition coefficient (Wildman–Crippen LogP) is 2.53. The smallest absolute Gasteiger partial charge is 0.387 e. The average Bonchev–Trinajstić information content (AvgIpc) is 2.38. The number of rotatable bonds is 5. The number of alkyl halides is 2. The molecule has 0 radical (unpaired) electrons. The normalized spacial score (nSPS) is 19.2. The highest BCUT2D eigenvalue weighted by Gasteiger charge is 2.28. The van der Waals surface area contributed by atoms with Gasteiger partial charge in [0.05, 0.1) is 19.3 Å². The summed E-state index contributed by atoms with van der Waals surface area (Å²) in [7, 11) is 0. The molecule has 1 aliphatic heterocycles. The molecular weight excluding hydrogens is 268 g/mol. The molecule has 0 unspecified atom stereocenters. The van der Waals surface area contributed by atoms with Gasteiger partial charge in [0.2, 0.25) is 0 Å². The average molecular weight is 287 g/mol. The number of nitrogens with one attached hydrogen (secondary N) is 1. The Morgan fingerprint density at radius 2 is 1.95 bits per heavy atom. The maximum absolute atomic E-state index is 12.3. The lowest BCUT2D eigenvalue weighted by Crippen LogP contribution is -2.48. The Morgan fingerprint density at radius 1 is 1.30 bits per heavy atom. The van der Waals surface area contributed by atoms with Gasteiger partial charge < -0.3 is 19.5 Å². The van der Waals surface area contributed by atoms with Crippen molar-refractivity contribution < 1.29 is 23.0 Å². The number of hydrogen-bond donors (Lipinski definition) is 1. The fraction of sp³-hybridized carbons (Fsp3) is 0.571. The molecule has 1 aliphatic rings. The van der Waals surface area contributed by atoms with Gasteiger partial charge in [0.1, 0.15) is 5.75 Å². The summed E-state index contributed by atoms with van der Waals surface area (Å²) in [5, 5.41) is 3.21. The first kappa shape index (κ1) is 15.2. The van der Waals surface area contributed by atoms with Crippen LogP contribution >= 0.6 is 0 Å². The molecule has 4 nitrogen and oxygen atoms in total. The highest BCUT2D eigenvalue weighted by Crippen LogP contribution is 2.21. The molecular formula is C14H19F2NO3. The SMILES string of the molecule is CC1(C)OCC(NCc2ccccc2OC(F)F)CO1. The minimum atomic E-state index is -2.82. The molecule has 0 saturated carbocycles. The van der Waals surface area contributed by atoms with E-state index in [1.54, 1.807) is 18.2 Å². The zero-order valence-corrected chi connectivity index (χ0v) is 11.6. The minimum absolute atomic E-state index is 0.0302. The first-order valence-corrected chi connectivity index (χ1v) is 6.50. The first-order valence-electron chi connectivity index (χ1n) is 6.50. The van der Waals surface area contributed by atoms with Gasteiger partial charge in [-0.25, -0.2) is 0 Å². The van der Waals surface area contributed by atoms with Crippen LogP contribution in [0.15, 0.2) is 24.3 Å². The molecule has 20 heavy (non-hydrogen) atoms. The summed E-state index contributed by atoms with van der Waals surface area (Å²) in [6.07, 6.45) is 0. The van der Waals surface area contributed by atoms with E-state index in [1.165, 1.54) is 6.07 Å². The van der Waals surface area contributed by atoms with E-state index in [0.717, 1.165) is 0 Å². The van der Waals surface area contributed by atoms with Crippen molar-refractivity contribution in [1.29, 1.82) is 0 Å². The van der Waals surface area contributed by atoms with E-state index < -0.39 is 12.4 Å². The molecule has 112 valence electrons. The molecule has 0 aliphatic carbocycles. The van der Waals surface area contributed by atoms with Gasteiger partial charge in [0.15, 0.2) is 5.79 Å². The second-order valence-corrected chi connectivity index (χ2v) is 5.09. The molecule has 1 aromatic carbocycles. The fourth-order valence-corrected chi connectivity index (χ4v) is 1.93. The Balaban J connectivity index is 1.88. The van der Waals surface area contributed by atoms with E-state index in [9.17, 15) is 8.78 Å². The highest BCUT2D eigenvalue weighted by atomic mass is 19.3. The minimum Gasteiger partial charge on any atom is -0.434 e. The topological polar surface area (TPSA) is 39.7 Å². The zero-order valence-electron chi connectivity index (χ0n) is 11.6. The monoisotopic (exact) mass is 287 g/mol. The fourth-order valence-electron chi connectivity index (χ4n) is 1.93. The maximum atomic E-state index is 12.3. The number of ether oxygens (including phenoxy) is 3.